The normalized spacial score (nSPS) is 46.9. The van der Waals surface area contributed by atoms with E-state index in [1.807, 2.05) is 18.2 Å². The quantitative estimate of drug-likeness (QED) is 0.287. The van der Waals surface area contributed by atoms with Crippen LogP contribution in [0.2, 0.25) is 0 Å². The molecule has 0 bridgehead atoms. The van der Waals surface area contributed by atoms with Crippen LogP contribution in [0.25, 0.3) is 0 Å². The molecule has 5 rings (SSSR count). The van der Waals surface area contributed by atoms with E-state index in [4.69, 9.17) is 0 Å². The van der Waals surface area contributed by atoms with Crippen molar-refractivity contribution in [3.63, 3.8) is 0 Å². The molecule has 34 heavy (non-hydrogen) atoms. The molecular formula is C30H43IN2O. The zero-order chi connectivity index (χ0) is 24.4. The van der Waals surface area contributed by atoms with Crippen LogP contribution in [0.5, 0.6) is 0 Å². The molecule has 0 saturated heterocycles. The number of hydrogen-bond donors (Lipinski definition) is 2. The van der Waals surface area contributed by atoms with Crippen LogP contribution in [0, 0.1) is 45.8 Å². The van der Waals surface area contributed by atoms with Crippen LogP contribution >= 0.6 is 22.6 Å². The number of anilines is 1. The highest BCUT2D eigenvalue weighted by Gasteiger charge is 2.64. The summed E-state index contributed by atoms with van der Waals surface area (Å²) in [5, 5.41) is 24.0. The minimum atomic E-state index is -0.475. The highest BCUT2D eigenvalue weighted by atomic mass is 127. The number of benzene rings is 1. The van der Waals surface area contributed by atoms with Crippen LogP contribution in [0.1, 0.15) is 97.5 Å². The van der Waals surface area contributed by atoms with Gasteiger partial charge in [-0.2, -0.15) is 5.26 Å². The summed E-state index contributed by atoms with van der Waals surface area (Å²) in [6.07, 6.45) is 12.5. The van der Waals surface area contributed by atoms with E-state index in [0.29, 0.717) is 26.2 Å². The van der Waals surface area contributed by atoms with E-state index in [1.54, 1.807) is 0 Å². The molecule has 4 fully saturated rings. The topological polar surface area (TPSA) is 56.0 Å². The van der Waals surface area contributed by atoms with Crippen LogP contribution in [-0.2, 0) is 0 Å². The summed E-state index contributed by atoms with van der Waals surface area (Å²) in [6, 6.07) is 10.7. The number of nitrogens with zero attached hydrogens (tertiary/aromatic N) is 1. The van der Waals surface area contributed by atoms with E-state index in [2.05, 4.69) is 67.7 Å². The second kappa shape index (κ2) is 8.65. The van der Waals surface area contributed by atoms with Crippen LogP contribution < -0.4 is 5.32 Å². The molecule has 0 radical (unpaired) electrons. The first-order valence-electron chi connectivity index (χ1n) is 13.7. The summed E-state index contributed by atoms with van der Waals surface area (Å²) in [5.41, 5.74) is 2.07. The molecule has 4 heteroatoms. The number of nitriles is 1. The van der Waals surface area contributed by atoms with Gasteiger partial charge in [-0.3, -0.25) is 0 Å². The maximum absolute atomic E-state index is 10.9. The monoisotopic (exact) mass is 574 g/mol. The predicted octanol–water partition coefficient (Wildman–Crippen LogP) is 7.72. The Hall–Kier alpha value is -0.800. The van der Waals surface area contributed by atoms with Crippen molar-refractivity contribution in [2.75, 3.05) is 5.32 Å². The lowest BCUT2D eigenvalue weighted by Gasteiger charge is -2.68. The first-order valence-corrected chi connectivity index (χ1v) is 14.8. The van der Waals surface area contributed by atoms with Gasteiger partial charge in [0.1, 0.15) is 0 Å². The molecule has 9 atom stereocenters. The van der Waals surface area contributed by atoms with Crippen LogP contribution in [0.4, 0.5) is 5.69 Å². The van der Waals surface area contributed by atoms with E-state index < -0.39 is 5.60 Å². The van der Waals surface area contributed by atoms with Crippen LogP contribution in [0.3, 0.4) is 0 Å². The lowest BCUT2D eigenvalue weighted by Crippen LogP contribution is -2.63. The maximum Gasteiger partial charge on any atom is 0.0992 e. The minimum Gasteiger partial charge on any atom is -0.390 e. The van der Waals surface area contributed by atoms with Gasteiger partial charge in [-0.1, -0.05) is 48.9 Å². The Morgan fingerprint density at radius 1 is 1.03 bits per heavy atom. The standard InChI is InChI=1S/C30H43IN2O/c1-20(33-22-8-5-7-21(17-22)18-32)24-9-6-13-28(3)25-12-16-30(31)19-27(2,34)14-11-26(30)23(25)10-15-29(24,28)4/h5,7-8,17,20,23-26,33-34H,6,9-16,19H2,1-4H3/t20-,23?,24?,25-,26-,27-,28+,29-,30+/m1/s1. The maximum atomic E-state index is 10.9. The molecule has 186 valence electrons. The third kappa shape index (κ3) is 3.92. The molecule has 4 aliphatic carbocycles. The SMILES string of the molecule is C[C@@H](Nc1cccc(C#N)c1)C1CCC[C@@]2(C)[C@@H]3CC[C@]4(I)C[C@](C)(O)CC[C@@H]4C3CC[C@]12C. The first-order chi connectivity index (χ1) is 16.0. The summed E-state index contributed by atoms with van der Waals surface area (Å²) >= 11 is 2.78. The summed E-state index contributed by atoms with van der Waals surface area (Å²) in [5.74, 6) is 3.07. The van der Waals surface area contributed by atoms with E-state index in [0.717, 1.165) is 41.8 Å². The predicted molar refractivity (Wildman–Crippen MR) is 148 cm³/mol. The fourth-order valence-corrected chi connectivity index (χ4v) is 11.5. The van der Waals surface area contributed by atoms with Gasteiger partial charge in [-0.25, -0.2) is 0 Å². The smallest absolute Gasteiger partial charge is 0.0992 e. The zero-order valence-corrected chi connectivity index (χ0v) is 23.7. The Morgan fingerprint density at radius 3 is 2.56 bits per heavy atom. The van der Waals surface area contributed by atoms with Crippen molar-refractivity contribution in [2.24, 2.45) is 34.5 Å². The van der Waals surface area contributed by atoms with Crippen molar-refractivity contribution in [3.05, 3.63) is 29.8 Å². The lowest BCUT2D eigenvalue weighted by molar-refractivity contribution is -0.172. The average molecular weight is 575 g/mol. The van der Waals surface area contributed by atoms with E-state index in [1.165, 1.54) is 51.4 Å². The molecule has 4 aliphatic rings. The Balaban J connectivity index is 1.39. The molecule has 0 aliphatic heterocycles. The van der Waals surface area contributed by atoms with Crippen LogP contribution in [0.15, 0.2) is 24.3 Å². The third-order valence-corrected chi connectivity index (χ3v) is 13.1. The number of fused-ring (bicyclic) bond motifs is 5. The number of halogens is 1. The Labute approximate surface area is 220 Å². The number of alkyl halides is 1. The van der Waals surface area contributed by atoms with Crippen LogP contribution in [-0.4, -0.2) is 20.2 Å². The highest BCUT2D eigenvalue weighted by molar-refractivity contribution is 14.1. The van der Waals surface area contributed by atoms with Gasteiger partial charge in [-0.05, 0) is 124 Å². The van der Waals surface area contributed by atoms with E-state index in [-0.39, 0.29) is 0 Å². The summed E-state index contributed by atoms with van der Waals surface area (Å²) in [4.78, 5) is 0. The van der Waals surface area contributed by atoms with Crippen molar-refractivity contribution >= 4 is 28.3 Å². The second-order valence-electron chi connectivity index (χ2n) is 13.2. The highest BCUT2D eigenvalue weighted by Crippen LogP contribution is 2.71. The van der Waals surface area contributed by atoms with Gasteiger partial charge in [0.25, 0.3) is 0 Å². The molecule has 0 aromatic heterocycles. The van der Waals surface area contributed by atoms with Crippen molar-refractivity contribution in [2.45, 2.75) is 107 Å². The van der Waals surface area contributed by atoms with Gasteiger partial charge >= 0.3 is 0 Å². The second-order valence-corrected chi connectivity index (χ2v) is 15.3. The van der Waals surface area contributed by atoms with Gasteiger partial charge in [0.2, 0.25) is 0 Å². The fourth-order valence-electron chi connectivity index (χ4n) is 9.64. The minimum absolute atomic E-state index is 0.291. The van der Waals surface area contributed by atoms with E-state index in [9.17, 15) is 10.4 Å². The Kier molecular flexibility index (Phi) is 6.33. The molecule has 2 unspecified atom stereocenters. The number of rotatable bonds is 3. The van der Waals surface area contributed by atoms with Gasteiger partial charge in [-0.15, -0.1) is 0 Å². The summed E-state index contributed by atoms with van der Waals surface area (Å²) in [6.45, 7) is 9.75. The molecule has 3 nitrogen and oxygen atoms in total. The largest absolute Gasteiger partial charge is 0.390 e. The summed E-state index contributed by atoms with van der Waals surface area (Å²) < 4.78 is 0.291. The molecule has 0 amide bonds. The number of aliphatic hydroxyl groups is 1. The zero-order valence-electron chi connectivity index (χ0n) is 21.5. The van der Waals surface area contributed by atoms with Crippen molar-refractivity contribution in [3.8, 4) is 6.07 Å². The van der Waals surface area contributed by atoms with Gasteiger partial charge in [0.15, 0.2) is 0 Å². The fraction of sp³-hybridized carbons (Fsp3) is 0.767. The molecule has 0 spiro atoms. The number of nitrogens with one attached hydrogen (secondary N) is 1. The van der Waals surface area contributed by atoms with Gasteiger partial charge in [0.05, 0.1) is 17.2 Å². The lowest BCUT2D eigenvalue weighted by atomic mass is 9.38. The first kappa shape index (κ1) is 24.9. The summed E-state index contributed by atoms with van der Waals surface area (Å²) in [7, 11) is 0. The molecule has 2 N–H and O–H groups in total. The molecule has 4 saturated carbocycles. The molecule has 0 heterocycles. The van der Waals surface area contributed by atoms with Gasteiger partial charge in [0, 0.05) is 15.2 Å². The van der Waals surface area contributed by atoms with Crippen molar-refractivity contribution in [1.82, 2.24) is 0 Å². The third-order valence-electron chi connectivity index (χ3n) is 11.4. The Bertz CT molecular complexity index is 971. The van der Waals surface area contributed by atoms with Crippen molar-refractivity contribution in [1.29, 1.82) is 5.26 Å². The molecular weight excluding hydrogens is 531 g/mol. The van der Waals surface area contributed by atoms with Gasteiger partial charge < -0.3 is 10.4 Å². The van der Waals surface area contributed by atoms with Crippen molar-refractivity contribution < 1.29 is 5.11 Å². The molecule has 1 aromatic rings. The average Bonchev–Trinajstić information content (AvgIpc) is 2.77. The Morgan fingerprint density at radius 2 is 1.79 bits per heavy atom. The number of hydrogen-bond acceptors (Lipinski definition) is 3. The molecule has 1 aromatic carbocycles. The van der Waals surface area contributed by atoms with E-state index >= 15 is 0 Å².